The maximum absolute atomic E-state index is 10.7. The Morgan fingerprint density at radius 1 is 1.35 bits per heavy atom. The molecule has 1 N–H and O–H groups in total. The minimum atomic E-state index is -0.967. The number of thiophene rings is 1. The molecule has 3 nitrogen and oxygen atoms in total. The van der Waals surface area contributed by atoms with Gasteiger partial charge < -0.3 is 9.84 Å². The van der Waals surface area contributed by atoms with Crippen molar-refractivity contribution < 1.29 is 14.6 Å². The first kappa shape index (κ1) is 12.4. The molecule has 2 rings (SSSR count). The minimum Gasteiger partial charge on any atom is -0.477 e. The van der Waals surface area contributed by atoms with Gasteiger partial charge in [0.15, 0.2) is 5.06 Å². The third-order valence-electron chi connectivity index (χ3n) is 1.90. The molecule has 0 saturated heterocycles. The van der Waals surface area contributed by atoms with Gasteiger partial charge in [0.25, 0.3) is 0 Å². The summed E-state index contributed by atoms with van der Waals surface area (Å²) in [6.07, 6.45) is 0. The normalized spacial score (nSPS) is 10.2. The molecule has 0 aliphatic heterocycles. The number of carboxylic acids is 1. The first-order valence-corrected chi connectivity index (χ1v) is 6.51. The van der Waals surface area contributed by atoms with E-state index in [9.17, 15) is 4.79 Å². The maximum atomic E-state index is 10.7. The summed E-state index contributed by atoms with van der Waals surface area (Å²) in [6, 6.07) is 8.32. The molecule has 0 aliphatic carbocycles. The maximum Gasteiger partial charge on any atom is 0.345 e. The van der Waals surface area contributed by atoms with Gasteiger partial charge in [0.2, 0.25) is 0 Å². The molecule has 0 atom stereocenters. The molecule has 1 aromatic carbocycles. The highest BCUT2D eigenvalue weighted by atomic mass is 79.9. The molecule has 1 aromatic heterocycles. The zero-order valence-corrected chi connectivity index (χ0v) is 11.5. The number of rotatable bonds is 3. The molecule has 2 aromatic rings. The van der Waals surface area contributed by atoms with Gasteiger partial charge in [-0.25, -0.2) is 4.79 Å². The number of hydrogen-bond donors (Lipinski definition) is 1. The van der Waals surface area contributed by atoms with Crippen LogP contribution in [0.3, 0.4) is 0 Å². The van der Waals surface area contributed by atoms with Crippen molar-refractivity contribution in [3.63, 3.8) is 0 Å². The van der Waals surface area contributed by atoms with Crippen molar-refractivity contribution in [3.8, 4) is 10.8 Å². The SMILES string of the molecule is O=C(O)c1ccc(Oc2cc(Br)ccc2Cl)s1. The fourth-order valence-corrected chi connectivity index (χ4v) is 2.36. The fraction of sp³-hybridized carbons (Fsp3) is 0. The molecule has 17 heavy (non-hydrogen) atoms. The molecule has 1 heterocycles. The number of halogens is 2. The Hall–Kier alpha value is -1.04. The van der Waals surface area contributed by atoms with Gasteiger partial charge in [0.1, 0.15) is 10.6 Å². The van der Waals surface area contributed by atoms with Gasteiger partial charge in [-0.05, 0) is 30.3 Å². The highest BCUT2D eigenvalue weighted by Crippen LogP contribution is 2.35. The van der Waals surface area contributed by atoms with Gasteiger partial charge in [-0.3, -0.25) is 0 Å². The Balaban J connectivity index is 2.25. The second-order valence-corrected chi connectivity index (χ2v) is 5.47. The Morgan fingerprint density at radius 2 is 2.12 bits per heavy atom. The summed E-state index contributed by atoms with van der Waals surface area (Å²) < 4.78 is 6.35. The first-order valence-electron chi connectivity index (χ1n) is 4.52. The van der Waals surface area contributed by atoms with Gasteiger partial charge in [-0.1, -0.05) is 38.9 Å². The van der Waals surface area contributed by atoms with Crippen LogP contribution in [0.25, 0.3) is 0 Å². The Kier molecular flexibility index (Phi) is 3.71. The van der Waals surface area contributed by atoms with Crippen molar-refractivity contribution >= 4 is 44.8 Å². The Morgan fingerprint density at radius 3 is 2.76 bits per heavy atom. The van der Waals surface area contributed by atoms with E-state index in [1.807, 2.05) is 0 Å². The van der Waals surface area contributed by atoms with E-state index in [0.717, 1.165) is 15.8 Å². The highest BCUT2D eigenvalue weighted by molar-refractivity contribution is 9.10. The van der Waals surface area contributed by atoms with Crippen LogP contribution in [0, 0.1) is 0 Å². The molecule has 0 bridgehead atoms. The van der Waals surface area contributed by atoms with Crippen LogP contribution in [-0.4, -0.2) is 11.1 Å². The van der Waals surface area contributed by atoms with Crippen LogP contribution in [0.5, 0.6) is 10.8 Å². The minimum absolute atomic E-state index is 0.228. The number of ether oxygens (including phenoxy) is 1. The number of benzene rings is 1. The van der Waals surface area contributed by atoms with Crippen LogP contribution < -0.4 is 4.74 Å². The molecule has 6 heteroatoms. The first-order chi connectivity index (χ1) is 8.06. The summed E-state index contributed by atoms with van der Waals surface area (Å²) in [7, 11) is 0. The van der Waals surface area contributed by atoms with Gasteiger partial charge >= 0.3 is 5.97 Å². The standard InChI is InChI=1S/C11H6BrClO3S/c12-6-1-2-7(13)8(5-6)16-10-4-3-9(17-10)11(14)15/h1-5H,(H,14,15). The van der Waals surface area contributed by atoms with E-state index in [-0.39, 0.29) is 4.88 Å². The molecule has 0 amide bonds. The van der Waals surface area contributed by atoms with E-state index in [1.54, 1.807) is 24.3 Å². The third-order valence-corrected chi connectivity index (χ3v) is 3.65. The molecule has 0 fully saturated rings. The largest absolute Gasteiger partial charge is 0.477 e. The van der Waals surface area contributed by atoms with Crippen LogP contribution in [0.1, 0.15) is 9.67 Å². The molecule has 0 spiro atoms. The van der Waals surface area contributed by atoms with Crippen molar-refractivity contribution in [2.24, 2.45) is 0 Å². The molecule has 0 unspecified atom stereocenters. The van der Waals surface area contributed by atoms with E-state index >= 15 is 0 Å². The summed E-state index contributed by atoms with van der Waals surface area (Å²) in [5.74, 6) is -0.481. The summed E-state index contributed by atoms with van der Waals surface area (Å²) in [4.78, 5) is 10.9. The van der Waals surface area contributed by atoms with Crippen molar-refractivity contribution in [1.82, 2.24) is 0 Å². The average molecular weight is 334 g/mol. The lowest BCUT2D eigenvalue weighted by molar-refractivity contribution is 0.0702. The third kappa shape index (κ3) is 3.00. The van der Waals surface area contributed by atoms with Gasteiger partial charge in [-0.2, -0.15) is 0 Å². The molecule has 0 radical (unpaired) electrons. The zero-order valence-electron chi connectivity index (χ0n) is 8.31. The van der Waals surface area contributed by atoms with Gasteiger partial charge in [-0.15, -0.1) is 0 Å². The van der Waals surface area contributed by atoms with Crippen molar-refractivity contribution in [3.05, 3.63) is 44.7 Å². The van der Waals surface area contributed by atoms with Crippen LogP contribution >= 0.6 is 38.9 Å². The molecular formula is C11H6BrClO3S. The lowest BCUT2D eigenvalue weighted by atomic mass is 10.3. The van der Waals surface area contributed by atoms with E-state index in [0.29, 0.717) is 15.8 Å². The van der Waals surface area contributed by atoms with Crippen LogP contribution in [-0.2, 0) is 0 Å². The molecular weight excluding hydrogens is 328 g/mol. The van der Waals surface area contributed by atoms with Crippen molar-refractivity contribution in [1.29, 1.82) is 0 Å². The number of carboxylic acid groups (broad SMARTS) is 1. The lowest BCUT2D eigenvalue weighted by Crippen LogP contribution is -1.89. The Labute approximate surface area is 115 Å². The molecule has 0 aliphatic rings. The van der Waals surface area contributed by atoms with Gasteiger partial charge in [0, 0.05) is 4.47 Å². The molecule has 88 valence electrons. The van der Waals surface area contributed by atoms with Crippen LogP contribution in [0.2, 0.25) is 5.02 Å². The van der Waals surface area contributed by atoms with Gasteiger partial charge in [0.05, 0.1) is 5.02 Å². The van der Waals surface area contributed by atoms with Crippen LogP contribution in [0.4, 0.5) is 0 Å². The zero-order chi connectivity index (χ0) is 12.4. The second-order valence-electron chi connectivity index (χ2n) is 3.10. The summed E-state index contributed by atoms with van der Waals surface area (Å²) in [5.41, 5.74) is 0. The summed E-state index contributed by atoms with van der Waals surface area (Å²) in [6.45, 7) is 0. The Bertz CT molecular complexity index is 568. The van der Waals surface area contributed by atoms with E-state index in [4.69, 9.17) is 21.4 Å². The average Bonchev–Trinajstić information content (AvgIpc) is 2.72. The quantitative estimate of drug-likeness (QED) is 0.889. The number of carbonyl (C=O) groups is 1. The molecule has 0 saturated carbocycles. The van der Waals surface area contributed by atoms with Crippen molar-refractivity contribution in [2.45, 2.75) is 0 Å². The predicted molar refractivity (Wildman–Crippen MR) is 70.5 cm³/mol. The lowest BCUT2D eigenvalue weighted by Gasteiger charge is -2.05. The summed E-state index contributed by atoms with van der Waals surface area (Å²) >= 11 is 10.3. The predicted octanol–water partition coefficient (Wildman–Crippen LogP) is 4.65. The van der Waals surface area contributed by atoms with Crippen LogP contribution in [0.15, 0.2) is 34.8 Å². The fourth-order valence-electron chi connectivity index (χ4n) is 1.15. The van der Waals surface area contributed by atoms with E-state index < -0.39 is 5.97 Å². The number of aromatic carboxylic acids is 1. The number of hydrogen-bond acceptors (Lipinski definition) is 3. The highest BCUT2D eigenvalue weighted by Gasteiger charge is 2.10. The van der Waals surface area contributed by atoms with E-state index in [2.05, 4.69) is 15.9 Å². The van der Waals surface area contributed by atoms with Crippen molar-refractivity contribution in [2.75, 3.05) is 0 Å². The summed E-state index contributed by atoms with van der Waals surface area (Å²) in [5, 5.41) is 9.74. The monoisotopic (exact) mass is 332 g/mol. The second kappa shape index (κ2) is 5.08. The smallest absolute Gasteiger partial charge is 0.345 e. The van der Waals surface area contributed by atoms with E-state index in [1.165, 1.54) is 6.07 Å². The topological polar surface area (TPSA) is 46.5 Å².